The Balaban J connectivity index is 1.70. The van der Waals surface area contributed by atoms with Crippen molar-refractivity contribution in [3.05, 3.63) is 75.3 Å². The Labute approximate surface area is 174 Å². The minimum Gasteiger partial charge on any atom is -0.507 e. The smallest absolute Gasteiger partial charge is 0.228 e. The summed E-state index contributed by atoms with van der Waals surface area (Å²) in [5.74, 6) is -1.94. The van der Waals surface area contributed by atoms with E-state index in [0.717, 1.165) is 12.1 Å². The van der Waals surface area contributed by atoms with Crippen molar-refractivity contribution >= 4 is 46.2 Å². The standard InChI is InChI=1S/C21H12Cl2F2N2O2/c1-10-4-12(22)5-11(20(10)28)9-26-13-2-3-19-18(6-13)27-21(29-19)14-7-16(24)17(25)8-15(14)23/h2-9,28H,1H3. The van der Waals surface area contributed by atoms with Crippen LogP contribution in [-0.2, 0) is 0 Å². The van der Waals surface area contributed by atoms with Crippen molar-refractivity contribution in [3.8, 4) is 17.2 Å². The molecule has 8 heteroatoms. The number of aryl methyl sites for hydroxylation is 1. The zero-order chi connectivity index (χ0) is 20.7. The molecule has 4 nitrogen and oxygen atoms in total. The number of phenols is 1. The first-order chi connectivity index (χ1) is 13.8. The summed E-state index contributed by atoms with van der Waals surface area (Å²) in [6, 6.07) is 10.1. The highest BCUT2D eigenvalue weighted by atomic mass is 35.5. The number of oxazole rings is 1. The molecule has 0 aliphatic rings. The maximum Gasteiger partial charge on any atom is 0.228 e. The zero-order valence-corrected chi connectivity index (χ0v) is 16.4. The Morgan fingerprint density at radius 3 is 2.62 bits per heavy atom. The van der Waals surface area contributed by atoms with Crippen LogP contribution in [0.4, 0.5) is 14.5 Å². The second-order valence-electron chi connectivity index (χ2n) is 6.34. The van der Waals surface area contributed by atoms with E-state index in [0.29, 0.717) is 32.9 Å². The summed E-state index contributed by atoms with van der Waals surface area (Å²) in [4.78, 5) is 8.63. The van der Waals surface area contributed by atoms with Gasteiger partial charge < -0.3 is 9.52 Å². The van der Waals surface area contributed by atoms with Crippen molar-refractivity contribution in [2.24, 2.45) is 4.99 Å². The molecule has 3 aromatic carbocycles. The van der Waals surface area contributed by atoms with Gasteiger partial charge in [0, 0.05) is 16.8 Å². The van der Waals surface area contributed by atoms with Gasteiger partial charge in [-0.25, -0.2) is 13.8 Å². The first-order valence-electron chi connectivity index (χ1n) is 8.40. The first kappa shape index (κ1) is 19.4. The summed E-state index contributed by atoms with van der Waals surface area (Å²) in [6.07, 6.45) is 1.49. The summed E-state index contributed by atoms with van der Waals surface area (Å²) in [5, 5.41) is 10.6. The molecule has 0 aliphatic heterocycles. The number of rotatable bonds is 3. The molecule has 0 unspecified atom stereocenters. The van der Waals surface area contributed by atoms with Gasteiger partial charge in [-0.15, -0.1) is 0 Å². The Bertz CT molecular complexity index is 1290. The van der Waals surface area contributed by atoms with E-state index in [2.05, 4.69) is 9.98 Å². The van der Waals surface area contributed by atoms with Gasteiger partial charge in [-0.1, -0.05) is 23.2 Å². The molecule has 146 valence electrons. The lowest BCUT2D eigenvalue weighted by Crippen LogP contribution is -1.87. The van der Waals surface area contributed by atoms with Crippen molar-refractivity contribution < 1.29 is 18.3 Å². The molecule has 1 heterocycles. The fraction of sp³-hybridized carbons (Fsp3) is 0.0476. The highest BCUT2D eigenvalue weighted by molar-refractivity contribution is 6.33. The average molecular weight is 433 g/mol. The van der Waals surface area contributed by atoms with Crippen LogP contribution in [0.3, 0.4) is 0 Å². The molecule has 29 heavy (non-hydrogen) atoms. The number of benzene rings is 3. The third-order valence-electron chi connectivity index (χ3n) is 4.26. The minimum atomic E-state index is -1.05. The largest absolute Gasteiger partial charge is 0.507 e. The minimum absolute atomic E-state index is 0.0134. The molecule has 0 bridgehead atoms. The highest BCUT2D eigenvalue weighted by Gasteiger charge is 2.16. The van der Waals surface area contributed by atoms with Crippen LogP contribution in [0.5, 0.6) is 5.75 Å². The van der Waals surface area contributed by atoms with Gasteiger partial charge in [0.15, 0.2) is 17.2 Å². The monoisotopic (exact) mass is 432 g/mol. The molecule has 4 aromatic rings. The number of phenolic OH excluding ortho intramolecular Hbond substituents is 1. The van der Waals surface area contributed by atoms with E-state index in [1.54, 1.807) is 37.3 Å². The van der Waals surface area contributed by atoms with E-state index in [1.807, 2.05) is 0 Å². The lowest BCUT2D eigenvalue weighted by molar-refractivity contribution is 0.470. The molecule has 1 N–H and O–H groups in total. The van der Waals surface area contributed by atoms with Crippen LogP contribution in [0.2, 0.25) is 10.0 Å². The van der Waals surface area contributed by atoms with E-state index >= 15 is 0 Å². The summed E-state index contributed by atoms with van der Waals surface area (Å²) in [7, 11) is 0. The molecule has 0 spiro atoms. The number of aromatic hydroxyl groups is 1. The van der Waals surface area contributed by atoms with Gasteiger partial charge in [-0.3, -0.25) is 4.99 Å². The van der Waals surface area contributed by atoms with Crippen molar-refractivity contribution in [3.63, 3.8) is 0 Å². The van der Waals surface area contributed by atoms with E-state index < -0.39 is 11.6 Å². The summed E-state index contributed by atoms with van der Waals surface area (Å²) >= 11 is 12.0. The van der Waals surface area contributed by atoms with E-state index in [1.165, 1.54) is 6.21 Å². The van der Waals surface area contributed by atoms with Gasteiger partial charge >= 0.3 is 0 Å². The molecule has 4 rings (SSSR count). The number of fused-ring (bicyclic) bond motifs is 1. The normalized spacial score (nSPS) is 11.6. The Morgan fingerprint density at radius 2 is 1.83 bits per heavy atom. The fourth-order valence-electron chi connectivity index (χ4n) is 2.80. The molecule has 0 fully saturated rings. The van der Waals surface area contributed by atoms with Crippen molar-refractivity contribution in [2.45, 2.75) is 6.92 Å². The van der Waals surface area contributed by atoms with Crippen LogP contribution in [0.15, 0.2) is 51.9 Å². The first-order valence-corrected chi connectivity index (χ1v) is 9.16. The number of aliphatic imine (C=N–C) groups is 1. The second kappa shape index (κ2) is 7.46. The lowest BCUT2D eigenvalue weighted by atomic mass is 10.1. The number of hydrogen-bond acceptors (Lipinski definition) is 4. The molecule has 0 amide bonds. The molecule has 0 atom stereocenters. The number of halogens is 4. The second-order valence-corrected chi connectivity index (χ2v) is 7.18. The maximum absolute atomic E-state index is 13.6. The quantitative estimate of drug-likeness (QED) is 0.284. The van der Waals surface area contributed by atoms with Gasteiger partial charge in [0.2, 0.25) is 5.89 Å². The predicted octanol–water partition coefficient (Wildman–Crippen LogP) is 6.84. The van der Waals surface area contributed by atoms with Gasteiger partial charge in [-0.05, 0) is 55.0 Å². The summed E-state index contributed by atoms with van der Waals surface area (Å²) in [6.45, 7) is 1.74. The lowest BCUT2D eigenvalue weighted by Gasteiger charge is -2.03. The van der Waals surface area contributed by atoms with Crippen LogP contribution in [0.1, 0.15) is 11.1 Å². The van der Waals surface area contributed by atoms with Crippen LogP contribution in [0, 0.1) is 18.6 Å². The van der Waals surface area contributed by atoms with Gasteiger partial charge in [0.05, 0.1) is 16.3 Å². The Morgan fingerprint density at radius 1 is 1.07 bits per heavy atom. The maximum atomic E-state index is 13.6. The molecular weight excluding hydrogens is 421 g/mol. The molecule has 0 radical (unpaired) electrons. The van der Waals surface area contributed by atoms with Crippen LogP contribution < -0.4 is 0 Å². The van der Waals surface area contributed by atoms with Crippen LogP contribution in [-0.4, -0.2) is 16.3 Å². The van der Waals surface area contributed by atoms with Gasteiger partial charge in [0.25, 0.3) is 0 Å². The average Bonchev–Trinajstić information content (AvgIpc) is 3.09. The fourth-order valence-corrected chi connectivity index (χ4v) is 3.31. The molecule has 0 aliphatic carbocycles. The SMILES string of the molecule is Cc1cc(Cl)cc(C=Nc2ccc3oc(-c4cc(F)c(F)cc4Cl)nc3c2)c1O. The zero-order valence-electron chi connectivity index (χ0n) is 14.9. The van der Waals surface area contributed by atoms with E-state index in [9.17, 15) is 13.9 Å². The predicted molar refractivity (Wildman–Crippen MR) is 109 cm³/mol. The van der Waals surface area contributed by atoms with E-state index in [-0.39, 0.29) is 22.2 Å². The third kappa shape index (κ3) is 3.81. The Hall–Kier alpha value is -2.96. The molecule has 1 aromatic heterocycles. The Kier molecular flexibility index (Phi) is 4.98. The van der Waals surface area contributed by atoms with Gasteiger partial charge in [0.1, 0.15) is 11.3 Å². The van der Waals surface area contributed by atoms with Crippen molar-refractivity contribution in [2.75, 3.05) is 0 Å². The van der Waals surface area contributed by atoms with Crippen molar-refractivity contribution in [1.29, 1.82) is 0 Å². The number of aromatic nitrogens is 1. The number of nitrogens with zero attached hydrogens (tertiary/aromatic N) is 2. The number of hydrogen-bond donors (Lipinski definition) is 1. The highest BCUT2D eigenvalue weighted by Crippen LogP contribution is 2.33. The third-order valence-corrected chi connectivity index (χ3v) is 4.79. The summed E-state index contributed by atoms with van der Waals surface area (Å²) in [5.41, 5.74) is 2.70. The van der Waals surface area contributed by atoms with Crippen LogP contribution in [0.25, 0.3) is 22.6 Å². The van der Waals surface area contributed by atoms with Gasteiger partial charge in [-0.2, -0.15) is 0 Å². The van der Waals surface area contributed by atoms with Crippen LogP contribution >= 0.6 is 23.2 Å². The van der Waals surface area contributed by atoms with E-state index in [4.69, 9.17) is 27.6 Å². The molecule has 0 saturated carbocycles. The molecule has 0 saturated heterocycles. The van der Waals surface area contributed by atoms with Crippen molar-refractivity contribution in [1.82, 2.24) is 4.98 Å². The summed E-state index contributed by atoms with van der Waals surface area (Å²) < 4.78 is 32.5. The molecular formula is C21H12Cl2F2N2O2. The topological polar surface area (TPSA) is 58.6 Å².